The van der Waals surface area contributed by atoms with E-state index in [4.69, 9.17) is 25.6 Å². The topological polar surface area (TPSA) is 161 Å². The van der Waals surface area contributed by atoms with E-state index in [0.717, 1.165) is 25.2 Å². The Morgan fingerprint density at radius 1 is 1.06 bits per heavy atom. The first-order chi connectivity index (χ1) is 22.9. The quantitative estimate of drug-likeness (QED) is 0.159. The van der Waals surface area contributed by atoms with Crippen molar-refractivity contribution < 1.29 is 27.2 Å². The van der Waals surface area contributed by atoms with E-state index in [2.05, 4.69) is 36.0 Å². The number of nitrogens with zero attached hydrogens (tertiary/aromatic N) is 4. The molecule has 2 aromatic heterocycles. The Kier molecular flexibility index (Phi) is 11.2. The number of rotatable bonds is 13. The van der Waals surface area contributed by atoms with Gasteiger partial charge in [-0.15, -0.1) is 0 Å². The molecule has 0 unspecified atom stereocenters. The number of aromatic nitrogens is 3. The summed E-state index contributed by atoms with van der Waals surface area (Å²) in [6.45, 7) is 13.2. The summed E-state index contributed by atoms with van der Waals surface area (Å²) in [6, 6.07) is 11.8. The number of para-hydroxylation sites is 1. The summed E-state index contributed by atoms with van der Waals surface area (Å²) in [5, 5.41) is 12.8. The molecule has 5 rings (SSSR count). The maximum atomic E-state index is 13.0. The SMILES string of the molecule is Cc1cc(OC(C)C)c(Nc2ncc(Cl)c(Nc3ccccc3S(=O)(=O)C(C)C)n2)cc1-c1cc(C(=O)NCCN2CCOCC2)no1. The van der Waals surface area contributed by atoms with Crippen LogP contribution in [0.4, 0.5) is 23.1 Å². The molecule has 0 aliphatic carbocycles. The van der Waals surface area contributed by atoms with Gasteiger partial charge in [0, 0.05) is 37.8 Å². The van der Waals surface area contributed by atoms with Gasteiger partial charge in [0.25, 0.3) is 5.91 Å². The van der Waals surface area contributed by atoms with Crippen LogP contribution in [0.5, 0.6) is 5.75 Å². The molecular formula is C33H40ClN7O6S. The van der Waals surface area contributed by atoms with E-state index in [1.54, 1.807) is 44.2 Å². The molecule has 0 bridgehead atoms. The molecular weight excluding hydrogens is 658 g/mol. The number of hydrogen-bond donors (Lipinski definition) is 3. The summed E-state index contributed by atoms with van der Waals surface area (Å²) in [6.07, 6.45) is 1.27. The fourth-order valence-corrected chi connectivity index (χ4v) is 6.32. The van der Waals surface area contributed by atoms with Crippen LogP contribution < -0.4 is 20.7 Å². The first kappa shape index (κ1) is 35.1. The predicted molar refractivity (Wildman–Crippen MR) is 184 cm³/mol. The van der Waals surface area contributed by atoms with E-state index in [1.165, 1.54) is 6.20 Å². The van der Waals surface area contributed by atoms with Crippen LogP contribution in [0.25, 0.3) is 11.3 Å². The fourth-order valence-electron chi connectivity index (χ4n) is 4.98. The molecule has 0 saturated carbocycles. The van der Waals surface area contributed by atoms with Gasteiger partial charge in [-0.3, -0.25) is 9.69 Å². The highest BCUT2D eigenvalue weighted by molar-refractivity contribution is 7.92. The van der Waals surface area contributed by atoms with Gasteiger partial charge in [0.1, 0.15) is 10.8 Å². The number of ether oxygens (including phenoxy) is 2. The minimum absolute atomic E-state index is 0.136. The number of anilines is 4. The molecule has 0 atom stereocenters. The number of aryl methyl sites for hydroxylation is 1. The minimum atomic E-state index is -3.59. The standard InChI is InChI=1S/C33H40ClN7O6S/c1-20(2)46-29-16-22(5)23(28-18-27(40-47-28)32(42)35-10-11-41-12-14-45-15-13-41)17-26(29)38-33-36-19-24(34)31(39-33)37-25-8-6-7-9-30(25)48(43,44)21(3)4/h6-9,16-21H,10-15H2,1-5H3,(H,35,42)(H2,36,37,38,39). The van der Waals surface area contributed by atoms with Crippen molar-refractivity contribution in [3.05, 3.63) is 64.9 Å². The summed E-state index contributed by atoms with van der Waals surface area (Å²) in [4.78, 5) is 24.1. The zero-order chi connectivity index (χ0) is 34.4. The number of benzene rings is 2. The summed E-state index contributed by atoms with van der Waals surface area (Å²) in [5.74, 6) is 0.984. The molecule has 1 saturated heterocycles. The first-order valence-corrected chi connectivity index (χ1v) is 17.6. The van der Waals surface area contributed by atoms with Gasteiger partial charge in [-0.05, 0) is 64.4 Å². The average Bonchev–Trinajstić information content (AvgIpc) is 3.54. The number of amides is 1. The van der Waals surface area contributed by atoms with Gasteiger partial charge in [0.2, 0.25) is 5.95 Å². The van der Waals surface area contributed by atoms with Crippen molar-refractivity contribution in [3.63, 3.8) is 0 Å². The van der Waals surface area contributed by atoms with E-state index >= 15 is 0 Å². The van der Waals surface area contributed by atoms with E-state index in [-0.39, 0.29) is 39.4 Å². The third kappa shape index (κ3) is 8.42. The lowest BCUT2D eigenvalue weighted by atomic mass is 10.0. The summed E-state index contributed by atoms with van der Waals surface area (Å²) in [7, 11) is -3.59. The second kappa shape index (κ2) is 15.3. The molecule has 256 valence electrons. The number of carbonyl (C=O) groups is 1. The number of morpholine rings is 1. The van der Waals surface area contributed by atoms with E-state index in [0.29, 0.717) is 48.2 Å². The van der Waals surface area contributed by atoms with Crippen LogP contribution in [0.3, 0.4) is 0 Å². The fraction of sp³-hybridized carbons (Fsp3) is 0.394. The van der Waals surface area contributed by atoms with Crippen LogP contribution in [-0.4, -0.2) is 85.1 Å². The minimum Gasteiger partial charge on any atom is -0.489 e. The molecule has 15 heteroatoms. The summed E-state index contributed by atoms with van der Waals surface area (Å²) in [5.41, 5.74) is 2.53. The number of hydrogen-bond acceptors (Lipinski definition) is 12. The largest absolute Gasteiger partial charge is 0.489 e. The molecule has 1 amide bonds. The van der Waals surface area contributed by atoms with Crippen molar-refractivity contribution in [3.8, 4) is 17.1 Å². The lowest BCUT2D eigenvalue weighted by Gasteiger charge is -2.26. The van der Waals surface area contributed by atoms with Crippen LogP contribution in [0.1, 0.15) is 43.7 Å². The molecule has 4 aromatic rings. The summed E-state index contributed by atoms with van der Waals surface area (Å²) >= 11 is 6.45. The van der Waals surface area contributed by atoms with Crippen LogP contribution in [-0.2, 0) is 14.6 Å². The maximum Gasteiger partial charge on any atom is 0.273 e. The van der Waals surface area contributed by atoms with E-state index in [9.17, 15) is 13.2 Å². The normalized spacial score (nSPS) is 13.9. The zero-order valence-corrected chi connectivity index (χ0v) is 29.1. The second-order valence-corrected chi connectivity index (χ2v) is 14.7. The Hall–Kier alpha value is -4.24. The zero-order valence-electron chi connectivity index (χ0n) is 27.5. The van der Waals surface area contributed by atoms with Gasteiger partial charge in [-0.1, -0.05) is 28.9 Å². The lowest BCUT2D eigenvalue weighted by molar-refractivity contribution is 0.0383. The molecule has 1 aliphatic heterocycles. The lowest BCUT2D eigenvalue weighted by Crippen LogP contribution is -2.41. The van der Waals surface area contributed by atoms with Gasteiger partial charge in [-0.2, -0.15) is 4.98 Å². The highest BCUT2D eigenvalue weighted by Crippen LogP contribution is 2.37. The molecule has 0 radical (unpaired) electrons. The predicted octanol–water partition coefficient (Wildman–Crippen LogP) is 5.61. The van der Waals surface area contributed by atoms with Crippen LogP contribution in [0.2, 0.25) is 5.02 Å². The number of carbonyl (C=O) groups excluding carboxylic acids is 1. The van der Waals surface area contributed by atoms with Gasteiger partial charge >= 0.3 is 0 Å². The summed E-state index contributed by atoms with van der Waals surface area (Å²) < 4.78 is 43.1. The van der Waals surface area contributed by atoms with E-state index in [1.807, 2.05) is 32.9 Å². The molecule has 3 N–H and O–H groups in total. The van der Waals surface area contributed by atoms with Crippen molar-refractivity contribution >= 4 is 50.5 Å². The number of nitrogens with one attached hydrogen (secondary N) is 3. The second-order valence-electron chi connectivity index (χ2n) is 11.8. The smallest absolute Gasteiger partial charge is 0.273 e. The Morgan fingerprint density at radius 2 is 1.81 bits per heavy atom. The average molecular weight is 698 g/mol. The molecule has 0 spiro atoms. The molecule has 2 aromatic carbocycles. The van der Waals surface area contributed by atoms with Crippen molar-refractivity contribution in [2.45, 2.75) is 50.9 Å². The number of sulfone groups is 1. The van der Waals surface area contributed by atoms with Crippen molar-refractivity contribution in [1.82, 2.24) is 25.3 Å². The third-order valence-corrected chi connectivity index (χ3v) is 10.1. The highest BCUT2D eigenvalue weighted by atomic mass is 35.5. The van der Waals surface area contributed by atoms with E-state index < -0.39 is 15.1 Å². The van der Waals surface area contributed by atoms with Gasteiger partial charge < -0.3 is 29.9 Å². The Bertz CT molecular complexity index is 1860. The molecule has 1 fully saturated rings. The Balaban J connectivity index is 1.39. The van der Waals surface area contributed by atoms with Crippen molar-refractivity contribution in [1.29, 1.82) is 0 Å². The molecule has 3 heterocycles. The van der Waals surface area contributed by atoms with Crippen molar-refractivity contribution in [2.75, 3.05) is 50.0 Å². The van der Waals surface area contributed by atoms with Crippen LogP contribution >= 0.6 is 11.6 Å². The Morgan fingerprint density at radius 3 is 2.54 bits per heavy atom. The van der Waals surface area contributed by atoms with Gasteiger partial charge in [0.15, 0.2) is 27.1 Å². The van der Waals surface area contributed by atoms with Crippen LogP contribution in [0, 0.1) is 6.92 Å². The molecule has 1 aliphatic rings. The van der Waals surface area contributed by atoms with Crippen molar-refractivity contribution in [2.24, 2.45) is 0 Å². The van der Waals surface area contributed by atoms with Gasteiger partial charge in [0.05, 0.1) is 47.0 Å². The highest BCUT2D eigenvalue weighted by Gasteiger charge is 2.24. The molecule has 48 heavy (non-hydrogen) atoms. The molecule has 13 nitrogen and oxygen atoms in total. The first-order valence-electron chi connectivity index (χ1n) is 15.7. The maximum absolute atomic E-state index is 13.0. The van der Waals surface area contributed by atoms with Gasteiger partial charge in [-0.25, -0.2) is 13.4 Å². The number of halogens is 1. The Labute approximate surface area is 285 Å². The monoisotopic (exact) mass is 697 g/mol. The third-order valence-electron chi connectivity index (χ3n) is 7.57. The van der Waals surface area contributed by atoms with Crippen LogP contribution in [0.15, 0.2) is 58.1 Å².